The maximum Gasteiger partial charge on any atom is 0.244 e. The number of morpholine rings is 1. The lowest BCUT2D eigenvalue weighted by Crippen LogP contribution is -2.49. The number of benzene rings is 1. The maximum atomic E-state index is 12.5. The van der Waals surface area contributed by atoms with Gasteiger partial charge in [-0.05, 0) is 44.5 Å². The average molecular weight is 480 g/mol. The number of aromatic nitrogens is 1. The summed E-state index contributed by atoms with van der Waals surface area (Å²) in [5, 5.41) is 5.59. The van der Waals surface area contributed by atoms with Crippen LogP contribution >= 0.6 is 11.3 Å². The van der Waals surface area contributed by atoms with E-state index in [9.17, 15) is 13.2 Å². The molecule has 1 aromatic heterocycles. The predicted octanol–water partition coefficient (Wildman–Crippen LogP) is 2.60. The van der Waals surface area contributed by atoms with Crippen molar-refractivity contribution in [1.82, 2.24) is 14.6 Å². The number of ether oxygens (including phenoxy) is 2. The van der Waals surface area contributed by atoms with Crippen LogP contribution in [0.5, 0.6) is 5.75 Å². The summed E-state index contributed by atoms with van der Waals surface area (Å²) in [5.41, 5.74) is 1.68. The SMILES string of the molecule is Cc1nc(COc2cccc(/C=C/C(=O)NCCS(=O)(=O)N3CC(C)OC(C)C3)c2)cs1. The normalized spacial score (nSPS) is 19.8. The van der Waals surface area contributed by atoms with E-state index < -0.39 is 10.0 Å². The van der Waals surface area contributed by atoms with Gasteiger partial charge in [-0.3, -0.25) is 4.79 Å². The first-order valence-electron chi connectivity index (χ1n) is 10.4. The molecule has 0 saturated carbocycles. The van der Waals surface area contributed by atoms with Gasteiger partial charge in [0.15, 0.2) is 0 Å². The van der Waals surface area contributed by atoms with Gasteiger partial charge in [0.25, 0.3) is 0 Å². The summed E-state index contributed by atoms with van der Waals surface area (Å²) in [6.45, 7) is 6.75. The van der Waals surface area contributed by atoms with Gasteiger partial charge in [0, 0.05) is 31.1 Å². The van der Waals surface area contributed by atoms with Crippen LogP contribution in [0.25, 0.3) is 6.08 Å². The monoisotopic (exact) mass is 479 g/mol. The van der Waals surface area contributed by atoms with Crippen LogP contribution in [0.3, 0.4) is 0 Å². The second kappa shape index (κ2) is 11.0. The first-order chi connectivity index (χ1) is 15.2. The van der Waals surface area contributed by atoms with E-state index in [1.54, 1.807) is 17.4 Å². The second-order valence-corrected chi connectivity index (χ2v) is 10.9. The third kappa shape index (κ3) is 7.40. The Kier molecular flexibility index (Phi) is 8.41. The molecule has 10 heteroatoms. The zero-order valence-corrected chi connectivity index (χ0v) is 20.1. The van der Waals surface area contributed by atoms with Gasteiger partial charge in [-0.15, -0.1) is 11.3 Å². The van der Waals surface area contributed by atoms with Crippen LogP contribution in [-0.4, -0.2) is 61.2 Å². The molecule has 1 N–H and O–H groups in total. The third-order valence-corrected chi connectivity index (χ3v) is 7.40. The van der Waals surface area contributed by atoms with Crippen molar-refractivity contribution in [2.75, 3.05) is 25.4 Å². The Bertz CT molecular complexity index is 1040. The highest BCUT2D eigenvalue weighted by molar-refractivity contribution is 7.89. The minimum atomic E-state index is -3.45. The Morgan fingerprint density at radius 3 is 2.78 bits per heavy atom. The Balaban J connectivity index is 1.46. The molecule has 1 aliphatic heterocycles. The molecule has 2 atom stereocenters. The summed E-state index contributed by atoms with van der Waals surface area (Å²) in [5.74, 6) is 0.178. The van der Waals surface area contributed by atoms with Crippen LogP contribution in [-0.2, 0) is 26.2 Å². The van der Waals surface area contributed by atoms with Gasteiger partial charge in [-0.25, -0.2) is 13.4 Å². The van der Waals surface area contributed by atoms with Crippen molar-refractivity contribution < 1.29 is 22.7 Å². The van der Waals surface area contributed by atoms with E-state index in [1.165, 1.54) is 10.4 Å². The smallest absolute Gasteiger partial charge is 0.244 e. The van der Waals surface area contributed by atoms with Crippen LogP contribution in [0, 0.1) is 6.92 Å². The number of hydrogen-bond acceptors (Lipinski definition) is 7. The Morgan fingerprint density at radius 2 is 2.09 bits per heavy atom. The standard InChI is InChI=1S/C22H29N3O5S2/c1-16-12-25(13-17(2)30-16)32(27,28)10-9-23-22(26)8-7-19-5-4-6-21(11-19)29-14-20-15-31-18(3)24-20/h4-8,11,15-17H,9-10,12-14H2,1-3H3,(H,23,26)/b8-7+. The maximum absolute atomic E-state index is 12.5. The Hall–Kier alpha value is -2.27. The van der Waals surface area contributed by atoms with E-state index in [4.69, 9.17) is 9.47 Å². The van der Waals surface area contributed by atoms with Gasteiger partial charge in [-0.1, -0.05) is 12.1 Å². The molecule has 0 radical (unpaired) electrons. The van der Waals surface area contributed by atoms with Gasteiger partial charge in [-0.2, -0.15) is 4.31 Å². The van der Waals surface area contributed by atoms with Gasteiger partial charge in [0.2, 0.25) is 15.9 Å². The fourth-order valence-corrected chi connectivity index (χ4v) is 5.45. The molecule has 1 aromatic carbocycles. The number of thiazole rings is 1. The second-order valence-electron chi connectivity index (χ2n) is 7.73. The van der Waals surface area contributed by atoms with E-state index in [2.05, 4.69) is 10.3 Å². The molecule has 3 rings (SSSR count). The molecule has 2 unspecified atom stereocenters. The summed E-state index contributed by atoms with van der Waals surface area (Å²) < 4.78 is 37.8. The fraction of sp³-hybridized carbons (Fsp3) is 0.455. The predicted molar refractivity (Wildman–Crippen MR) is 125 cm³/mol. The lowest BCUT2D eigenvalue weighted by molar-refractivity contribution is -0.116. The number of carbonyl (C=O) groups is 1. The molecule has 0 aliphatic carbocycles. The molecule has 0 bridgehead atoms. The number of nitrogens with one attached hydrogen (secondary N) is 1. The zero-order valence-electron chi connectivity index (χ0n) is 18.5. The minimum Gasteiger partial charge on any atom is -0.487 e. The molecule has 2 aromatic rings. The highest BCUT2D eigenvalue weighted by Crippen LogP contribution is 2.17. The summed E-state index contributed by atoms with van der Waals surface area (Å²) in [6, 6.07) is 7.37. The summed E-state index contributed by atoms with van der Waals surface area (Å²) in [7, 11) is -3.45. The largest absolute Gasteiger partial charge is 0.487 e. The molecule has 32 heavy (non-hydrogen) atoms. The summed E-state index contributed by atoms with van der Waals surface area (Å²) in [4.78, 5) is 16.5. The van der Waals surface area contributed by atoms with Crippen LogP contribution in [0.2, 0.25) is 0 Å². The van der Waals surface area contributed by atoms with Crippen molar-refractivity contribution in [2.45, 2.75) is 39.6 Å². The topological polar surface area (TPSA) is 97.8 Å². The molecular weight excluding hydrogens is 450 g/mol. The number of hydrogen-bond donors (Lipinski definition) is 1. The number of rotatable bonds is 9. The molecule has 1 aliphatic rings. The number of sulfonamides is 1. The van der Waals surface area contributed by atoms with Crippen LogP contribution in [0.1, 0.15) is 30.1 Å². The Morgan fingerprint density at radius 1 is 1.34 bits per heavy atom. The molecule has 174 valence electrons. The highest BCUT2D eigenvalue weighted by atomic mass is 32.2. The highest BCUT2D eigenvalue weighted by Gasteiger charge is 2.30. The minimum absolute atomic E-state index is 0.0435. The first-order valence-corrected chi connectivity index (χ1v) is 12.9. The molecular formula is C22H29N3O5S2. The van der Waals surface area contributed by atoms with E-state index in [1.807, 2.05) is 50.4 Å². The van der Waals surface area contributed by atoms with Gasteiger partial charge in [0.1, 0.15) is 12.4 Å². The molecule has 1 saturated heterocycles. The number of amides is 1. The molecule has 0 spiro atoms. The van der Waals surface area contributed by atoms with Crippen LogP contribution in [0.4, 0.5) is 0 Å². The number of aryl methyl sites for hydroxylation is 1. The molecule has 8 nitrogen and oxygen atoms in total. The van der Waals surface area contributed by atoms with Crippen LogP contribution < -0.4 is 10.1 Å². The Labute approximate surface area is 193 Å². The van der Waals surface area contributed by atoms with Gasteiger partial charge < -0.3 is 14.8 Å². The first kappa shape index (κ1) is 24.4. The molecule has 1 amide bonds. The van der Waals surface area contributed by atoms with Gasteiger partial charge >= 0.3 is 0 Å². The quantitative estimate of drug-likeness (QED) is 0.555. The molecule has 1 fully saturated rings. The number of carbonyl (C=O) groups excluding carboxylic acids is 1. The third-order valence-electron chi connectivity index (χ3n) is 4.78. The van der Waals surface area contributed by atoms with Crippen molar-refractivity contribution >= 4 is 33.3 Å². The lowest BCUT2D eigenvalue weighted by atomic mass is 10.2. The zero-order chi connectivity index (χ0) is 23.1. The number of nitrogens with zero attached hydrogens (tertiary/aromatic N) is 2. The van der Waals surface area contributed by atoms with Crippen molar-refractivity contribution in [3.63, 3.8) is 0 Å². The van der Waals surface area contributed by atoms with Crippen LogP contribution in [0.15, 0.2) is 35.7 Å². The van der Waals surface area contributed by atoms with E-state index in [-0.39, 0.29) is 30.4 Å². The van der Waals surface area contributed by atoms with E-state index in [0.29, 0.717) is 25.4 Å². The van der Waals surface area contributed by atoms with Crippen molar-refractivity contribution in [2.24, 2.45) is 0 Å². The lowest BCUT2D eigenvalue weighted by Gasteiger charge is -2.34. The van der Waals surface area contributed by atoms with E-state index >= 15 is 0 Å². The summed E-state index contributed by atoms with van der Waals surface area (Å²) in [6.07, 6.45) is 2.76. The average Bonchev–Trinajstić information content (AvgIpc) is 3.15. The van der Waals surface area contributed by atoms with Crippen molar-refractivity contribution in [1.29, 1.82) is 0 Å². The molecule has 2 heterocycles. The van der Waals surface area contributed by atoms with Gasteiger partial charge in [0.05, 0.1) is 28.7 Å². The van der Waals surface area contributed by atoms with E-state index in [0.717, 1.165) is 16.3 Å². The summed E-state index contributed by atoms with van der Waals surface area (Å²) >= 11 is 1.58. The fourth-order valence-electron chi connectivity index (χ4n) is 3.36. The van der Waals surface area contributed by atoms with Crippen molar-refractivity contribution in [3.8, 4) is 5.75 Å². The van der Waals surface area contributed by atoms with Crippen molar-refractivity contribution in [3.05, 3.63) is 52.0 Å².